The fourth-order valence-electron chi connectivity index (χ4n) is 1.86. The lowest BCUT2D eigenvalue weighted by molar-refractivity contribution is 0.288. The largest absolute Gasteiger partial charge is 0.311 e. The van der Waals surface area contributed by atoms with Gasteiger partial charge >= 0.3 is 0 Å². The zero-order valence-electron chi connectivity index (χ0n) is 9.45. The van der Waals surface area contributed by atoms with Crippen LogP contribution in [0.25, 0.3) is 0 Å². The van der Waals surface area contributed by atoms with Gasteiger partial charge in [0.2, 0.25) is 0 Å². The van der Waals surface area contributed by atoms with E-state index in [1.807, 2.05) is 0 Å². The van der Waals surface area contributed by atoms with Gasteiger partial charge in [0.25, 0.3) is 0 Å². The van der Waals surface area contributed by atoms with Crippen LogP contribution in [0.15, 0.2) is 0 Å². The highest BCUT2D eigenvalue weighted by atomic mass is 15.1. The van der Waals surface area contributed by atoms with Gasteiger partial charge in [-0.25, -0.2) is 0 Å². The summed E-state index contributed by atoms with van der Waals surface area (Å²) in [6.07, 6.45) is 3.44. The van der Waals surface area contributed by atoms with Crippen molar-refractivity contribution < 1.29 is 0 Å². The van der Waals surface area contributed by atoms with Crippen molar-refractivity contribution in [3.8, 4) is 6.07 Å². The Balaban J connectivity index is 2.27. The zero-order chi connectivity index (χ0) is 10.6. The summed E-state index contributed by atoms with van der Waals surface area (Å²) >= 11 is 0. The molecule has 3 heteroatoms. The van der Waals surface area contributed by atoms with Gasteiger partial charge in [-0.2, -0.15) is 5.26 Å². The number of hydrogen-bond acceptors (Lipinski definition) is 3. The predicted molar refractivity (Wildman–Crippen MR) is 57.9 cm³/mol. The molecular formula is C11H21N3. The maximum absolute atomic E-state index is 8.91. The van der Waals surface area contributed by atoms with Crippen LogP contribution in [0.5, 0.6) is 0 Å². The average Bonchev–Trinajstić information content (AvgIpc) is 2.60. The number of hydrogen-bond donors (Lipinski definition) is 1. The Labute approximate surface area is 87.1 Å². The normalized spacial score (nSPS) is 29.1. The van der Waals surface area contributed by atoms with Crippen LogP contribution in [-0.4, -0.2) is 37.6 Å². The molecule has 3 unspecified atom stereocenters. The fourth-order valence-corrected chi connectivity index (χ4v) is 1.86. The molecule has 0 aliphatic heterocycles. The third-order valence-corrected chi connectivity index (χ3v) is 3.24. The van der Waals surface area contributed by atoms with Crippen molar-refractivity contribution in [2.75, 3.05) is 20.6 Å². The molecule has 80 valence electrons. The Morgan fingerprint density at radius 1 is 1.50 bits per heavy atom. The number of nitriles is 1. The standard InChI is InChI=1S/C11H21N3/c1-9(14(2)3)8-13-11-6-4-5-10(11)7-12/h9-11,13H,4-6,8H2,1-3H3. The quantitative estimate of drug-likeness (QED) is 0.733. The first kappa shape index (κ1) is 11.5. The van der Waals surface area contributed by atoms with Gasteiger partial charge in [-0.15, -0.1) is 0 Å². The first-order valence-electron chi connectivity index (χ1n) is 5.44. The minimum Gasteiger partial charge on any atom is -0.311 e. The monoisotopic (exact) mass is 195 g/mol. The third kappa shape index (κ3) is 2.97. The van der Waals surface area contributed by atoms with Crippen LogP contribution in [0, 0.1) is 17.2 Å². The Kier molecular flexibility index (Phi) is 4.37. The lowest BCUT2D eigenvalue weighted by atomic mass is 10.1. The summed E-state index contributed by atoms with van der Waals surface area (Å²) in [7, 11) is 4.17. The van der Waals surface area contributed by atoms with Crippen molar-refractivity contribution in [1.82, 2.24) is 10.2 Å². The second-order valence-electron chi connectivity index (χ2n) is 4.49. The molecule has 3 atom stereocenters. The molecule has 0 aromatic rings. The number of rotatable bonds is 4. The van der Waals surface area contributed by atoms with Gasteiger partial charge in [0.1, 0.15) is 0 Å². The Morgan fingerprint density at radius 2 is 2.21 bits per heavy atom. The van der Waals surface area contributed by atoms with Crippen molar-refractivity contribution in [1.29, 1.82) is 5.26 Å². The highest BCUT2D eigenvalue weighted by Crippen LogP contribution is 2.24. The van der Waals surface area contributed by atoms with E-state index < -0.39 is 0 Å². The van der Waals surface area contributed by atoms with Gasteiger partial charge in [-0.05, 0) is 33.9 Å². The Morgan fingerprint density at radius 3 is 2.79 bits per heavy atom. The van der Waals surface area contributed by atoms with E-state index in [4.69, 9.17) is 5.26 Å². The minimum absolute atomic E-state index is 0.240. The maximum Gasteiger partial charge on any atom is 0.0672 e. The van der Waals surface area contributed by atoms with Gasteiger partial charge in [-0.3, -0.25) is 0 Å². The van der Waals surface area contributed by atoms with E-state index in [-0.39, 0.29) is 5.92 Å². The van der Waals surface area contributed by atoms with Gasteiger partial charge in [0.15, 0.2) is 0 Å². The molecule has 1 N–H and O–H groups in total. The Hall–Kier alpha value is -0.590. The molecule has 1 aliphatic rings. The van der Waals surface area contributed by atoms with E-state index in [1.54, 1.807) is 0 Å². The SMILES string of the molecule is CC(CNC1CCCC1C#N)N(C)C. The summed E-state index contributed by atoms with van der Waals surface area (Å²) in [5.41, 5.74) is 0. The fraction of sp³-hybridized carbons (Fsp3) is 0.909. The first-order chi connectivity index (χ1) is 6.65. The van der Waals surface area contributed by atoms with Gasteiger partial charge in [0.05, 0.1) is 12.0 Å². The minimum atomic E-state index is 0.240. The molecular weight excluding hydrogens is 174 g/mol. The number of likely N-dealkylation sites (N-methyl/N-ethyl adjacent to an activating group) is 1. The van der Waals surface area contributed by atoms with Crippen molar-refractivity contribution in [2.24, 2.45) is 5.92 Å². The molecule has 0 amide bonds. The highest BCUT2D eigenvalue weighted by Gasteiger charge is 2.26. The van der Waals surface area contributed by atoms with Crippen LogP contribution >= 0.6 is 0 Å². The predicted octanol–water partition coefficient (Wildman–Crippen LogP) is 1.22. The lowest BCUT2D eigenvalue weighted by Crippen LogP contribution is -2.41. The summed E-state index contributed by atoms with van der Waals surface area (Å²) in [6, 6.07) is 3.36. The molecule has 1 aliphatic carbocycles. The molecule has 1 saturated carbocycles. The molecule has 0 heterocycles. The molecule has 0 radical (unpaired) electrons. The highest BCUT2D eigenvalue weighted by molar-refractivity contribution is 4.96. The van der Waals surface area contributed by atoms with Crippen molar-refractivity contribution in [2.45, 2.75) is 38.3 Å². The second-order valence-corrected chi connectivity index (χ2v) is 4.49. The van der Waals surface area contributed by atoms with E-state index >= 15 is 0 Å². The summed E-state index contributed by atoms with van der Waals surface area (Å²) in [5.74, 6) is 0.240. The lowest BCUT2D eigenvalue weighted by Gasteiger charge is -2.23. The summed E-state index contributed by atoms with van der Waals surface area (Å²) < 4.78 is 0. The summed E-state index contributed by atoms with van der Waals surface area (Å²) in [4.78, 5) is 2.20. The third-order valence-electron chi connectivity index (χ3n) is 3.24. The molecule has 1 rings (SSSR count). The van der Waals surface area contributed by atoms with Gasteiger partial charge in [0, 0.05) is 18.6 Å². The second kappa shape index (κ2) is 5.33. The van der Waals surface area contributed by atoms with E-state index in [9.17, 15) is 0 Å². The van der Waals surface area contributed by atoms with E-state index in [0.29, 0.717) is 12.1 Å². The first-order valence-corrected chi connectivity index (χ1v) is 5.44. The van der Waals surface area contributed by atoms with E-state index in [1.165, 1.54) is 12.8 Å². The van der Waals surface area contributed by atoms with Gasteiger partial charge < -0.3 is 10.2 Å². The van der Waals surface area contributed by atoms with Crippen molar-refractivity contribution >= 4 is 0 Å². The Bertz CT molecular complexity index is 207. The van der Waals surface area contributed by atoms with E-state index in [2.05, 4.69) is 37.3 Å². The number of nitrogens with one attached hydrogen (secondary N) is 1. The number of nitrogens with zero attached hydrogens (tertiary/aromatic N) is 2. The van der Waals surface area contributed by atoms with E-state index in [0.717, 1.165) is 13.0 Å². The molecule has 0 aromatic heterocycles. The van der Waals surface area contributed by atoms with Crippen LogP contribution in [0.3, 0.4) is 0 Å². The van der Waals surface area contributed by atoms with Crippen molar-refractivity contribution in [3.63, 3.8) is 0 Å². The molecule has 0 bridgehead atoms. The summed E-state index contributed by atoms with van der Waals surface area (Å²) in [6.45, 7) is 3.18. The molecule has 14 heavy (non-hydrogen) atoms. The van der Waals surface area contributed by atoms with Crippen LogP contribution in [0.1, 0.15) is 26.2 Å². The van der Waals surface area contributed by atoms with Crippen LogP contribution < -0.4 is 5.32 Å². The smallest absolute Gasteiger partial charge is 0.0672 e. The summed E-state index contributed by atoms with van der Waals surface area (Å²) in [5, 5.41) is 12.4. The van der Waals surface area contributed by atoms with Crippen LogP contribution in [0.2, 0.25) is 0 Å². The van der Waals surface area contributed by atoms with Gasteiger partial charge in [-0.1, -0.05) is 6.42 Å². The molecule has 0 spiro atoms. The van der Waals surface area contributed by atoms with Crippen molar-refractivity contribution in [3.05, 3.63) is 0 Å². The molecule has 1 fully saturated rings. The van der Waals surface area contributed by atoms with Crippen LogP contribution in [-0.2, 0) is 0 Å². The average molecular weight is 195 g/mol. The topological polar surface area (TPSA) is 39.1 Å². The van der Waals surface area contributed by atoms with Crippen LogP contribution in [0.4, 0.5) is 0 Å². The molecule has 0 aromatic carbocycles. The zero-order valence-corrected chi connectivity index (χ0v) is 9.45. The maximum atomic E-state index is 8.91. The molecule has 3 nitrogen and oxygen atoms in total. The molecule has 0 saturated heterocycles.